The standard InChI is InChI=1S/C29H35N5O2/c1-23-9-11-25(12-10-23)28-30-27(36-31-28)22-33-16-13-26(14-17-33)29(35)34-20-18-32(19-21-34)15-5-8-24-6-3-2-4-7-24/h2-12,26H,13-22H2,1H3/b8-5+. The summed E-state index contributed by atoms with van der Waals surface area (Å²) < 4.78 is 5.50. The molecule has 1 aromatic heterocycles. The SMILES string of the molecule is Cc1ccc(-c2noc(CN3CCC(C(=O)N4CCN(C/C=C/c5ccccc5)CC4)CC3)n2)cc1. The summed E-state index contributed by atoms with van der Waals surface area (Å²) in [4.78, 5) is 24.5. The van der Waals surface area contributed by atoms with Crippen molar-refractivity contribution in [3.05, 3.63) is 77.7 Å². The van der Waals surface area contributed by atoms with Gasteiger partial charge in [-0.25, -0.2) is 0 Å². The molecule has 0 unspecified atom stereocenters. The summed E-state index contributed by atoms with van der Waals surface area (Å²) in [6.45, 7) is 8.89. The van der Waals surface area contributed by atoms with E-state index in [0.29, 0.717) is 24.2 Å². The summed E-state index contributed by atoms with van der Waals surface area (Å²) >= 11 is 0. The predicted octanol–water partition coefficient (Wildman–Crippen LogP) is 4.11. The van der Waals surface area contributed by atoms with Gasteiger partial charge in [-0.3, -0.25) is 14.6 Å². The molecule has 3 heterocycles. The summed E-state index contributed by atoms with van der Waals surface area (Å²) in [5.41, 5.74) is 3.40. The first-order chi connectivity index (χ1) is 17.6. The van der Waals surface area contributed by atoms with Crippen molar-refractivity contribution in [2.45, 2.75) is 26.3 Å². The van der Waals surface area contributed by atoms with E-state index >= 15 is 0 Å². The molecule has 0 atom stereocenters. The van der Waals surface area contributed by atoms with Crippen LogP contribution in [0.3, 0.4) is 0 Å². The number of carbonyl (C=O) groups excluding carboxylic acids is 1. The van der Waals surface area contributed by atoms with Gasteiger partial charge in [-0.1, -0.05) is 77.5 Å². The molecule has 36 heavy (non-hydrogen) atoms. The third kappa shape index (κ3) is 6.28. The van der Waals surface area contributed by atoms with Gasteiger partial charge < -0.3 is 9.42 Å². The number of hydrogen-bond acceptors (Lipinski definition) is 6. The summed E-state index contributed by atoms with van der Waals surface area (Å²) in [5.74, 6) is 1.71. The van der Waals surface area contributed by atoms with Gasteiger partial charge in [0.25, 0.3) is 0 Å². The molecule has 2 aliphatic rings. The molecule has 2 saturated heterocycles. The zero-order chi connectivity index (χ0) is 24.7. The van der Waals surface area contributed by atoms with Crippen molar-refractivity contribution in [2.24, 2.45) is 5.92 Å². The molecule has 2 aliphatic heterocycles. The normalized spacial score (nSPS) is 18.2. The monoisotopic (exact) mass is 485 g/mol. The lowest BCUT2D eigenvalue weighted by atomic mass is 9.95. The van der Waals surface area contributed by atoms with Crippen LogP contribution in [0.2, 0.25) is 0 Å². The van der Waals surface area contributed by atoms with E-state index in [1.807, 2.05) is 18.2 Å². The molecule has 7 heteroatoms. The van der Waals surface area contributed by atoms with Crippen molar-refractivity contribution in [1.82, 2.24) is 24.8 Å². The maximum Gasteiger partial charge on any atom is 0.241 e. The van der Waals surface area contributed by atoms with Crippen LogP contribution in [0.15, 0.2) is 65.2 Å². The second-order valence-corrected chi connectivity index (χ2v) is 9.87. The number of benzene rings is 2. The van der Waals surface area contributed by atoms with Crippen LogP contribution >= 0.6 is 0 Å². The fourth-order valence-electron chi connectivity index (χ4n) is 4.98. The largest absolute Gasteiger partial charge is 0.340 e. The molecule has 1 amide bonds. The molecule has 5 rings (SSSR count). The van der Waals surface area contributed by atoms with Gasteiger partial charge in [-0.15, -0.1) is 0 Å². The lowest BCUT2D eigenvalue weighted by Gasteiger charge is -2.38. The van der Waals surface area contributed by atoms with E-state index in [2.05, 4.69) is 80.3 Å². The molecule has 3 aromatic rings. The van der Waals surface area contributed by atoms with E-state index in [9.17, 15) is 4.79 Å². The van der Waals surface area contributed by atoms with Crippen LogP contribution in [0, 0.1) is 12.8 Å². The van der Waals surface area contributed by atoms with E-state index in [1.165, 1.54) is 11.1 Å². The second-order valence-electron chi connectivity index (χ2n) is 9.87. The van der Waals surface area contributed by atoms with Gasteiger partial charge in [-0.2, -0.15) is 4.98 Å². The zero-order valence-corrected chi connectivity index (χ0v) is 21.1. The molecule has 0 saturated carbocycles. The van der Waals surface area contributed by atoms with Crippen molar-refractivity contribution < 1.29 is 9.32 Å². The molecule has 2 fully saturated rings. The van der Waals surface area contributed by atoms with Crippen molar-refractivity contribution in [2.75, 3.05) is 45.8 Å². The minimum atomic E-state index is 0.122. The molecule has 0 bridgehead atoms. The van der Waals surface area contributed by atoms with Crippen LogP contribution in [0.25, 0.3) is 17.5 Å². The van der Waals surface area contributed by atoms with Crippen molar-refractivity contribution in [3.8, 4) is 11.4 Å². The first-order valence-electron chi connectivity index (χ1n) is 13.0. The maximum absolute atomic E-state index is 13.1. The summed E-state index contributed by atoms with van der Waals surface area (Å²) in [6, 6.07) is 18.5. The highest BCUT2D eigenvalue weighted by Crippen LogP contribution is 2.23. The molecule has 188 valence electrons. The topological polar surface area (TPSA) is 65.7 Å². The Hall–Kier alpha value is -3.29. The first-order valence-corrected chi connectivity index (χ1v) is 13.0. The quantitative estimate of drug-likeness (QED) is 0.502. The lowest BCUT2D eigenvalue weighted by molar-refractivity contribution is -0.138. The van der Waals surface area contributed by atoms with Gasteiger partial charge in [0, 0.05) is 44.2 Å². The number of likely N-dealkylation sites (tertiary alicyclic amines) is 1. The van der Waals surface area contributed by atoms with Crippen molar-refractivity contribution in [3.63, 3.8) is 0 Å². The van der Waals surface area contributed by atoms with Crippen LogP contribution in [-0.2, 0) is 11.3 Å². The van der Waals surface area contributed by atoms with E-state index in [4.69, 9.17) is 4.52 Å². The molecule has 0 N–H and O–H groups in total. The molecule has 2 aromatic carbocycles. The number of amides is 1. The average molecular weight is 486 g/mol. The fourth-order valence-corrected chi connectivity index (χ4v) is 4.98. The van der Waals surface area contributed by atoms with E-state index in [1.54, 1.807) is 0 Å². The highest BCUT2D eigenvalue weighted by Gasteiger charge is 2.30. The number of nitrogens with zero attached hydrogens (tertiary/aromatic N) is 5. The van der Waals surface area contributed by atoms with Crippen molar-refractivity contribution in [1.29, 1.82) is 0 Å². The predicted molar refractivity (Wildman–Crippen MR) is 141 cm³/mol. The number of piperazine rings is 1. The molecule has 0 radical (unpaired) electrons. The second kappa shape index (κ2) is 11.6. The number of aromatic nitrogens is 2. The highest BCUT2D eigenvalue weighted by atomic mass is 16.5. The smallest absolute Gasteiger partial charge is 0.241 e. The summed E-state index contributed by atoms with van der Waals surface area (Å²) in [6.07, 6.45) is 6.16. The number of rotatable bonds is 7. The molecule has 0 spiro atoms. The van der Waals surface area contributed by atoms with Crippen molar-refractivity contribution >= 4 is 12.0 Å². The minimum Gasteiger partial charge on any atom is -0.340 e. The molecule has 0 aliphatic carbocycles. The Labute approximate surface area is 213 Å². The van der Waals surface area contributed by atoms with Crippen LogP contribution in [-0.4, -0.2) is 76.6 Å². The number of aryl methyl sites for hydroxylation is 1. The van der Waals surface area contributed by atoms with E-state index in [0.717, 1.165) is 64.2 Å². The van der Waals surface area contributed by atoms with Gasteiger partial charge >= 0.3 is 0 Å². The highest BCUT2D eigenvalue weighted by molar-refractivity contribution is 5.79. The van der Waals surface area contributed by atoms with E-state index < -0.39 is 0 Å². The summed E-state index contributed by atoms with van der Waals surface area (Å²) in [5, 5.41) is 4.14. The van der Waals surface area contributed by atoms with Gasteiger partial charge in [0.2, 0.25) is 17.6 Å². The Morgan fingerprint density at radius 1 is 0.944 bits per heavy atom. The summed E-state index contributed by atoms with van der Waals surface area (Å²) in [7, 11) is 0. The van der Waals surface area contributed by atoms with Crippen LogP contribution in [0.1, 0.15) is 29.9 Å². The third-order valence-electron chi connectivity index (χ3n) is 7.23. The molecular formula is C29H35N5O2. The number of carbonyl (C=O) groups is 1. The third-order valence-corrected chi connectivity index (χ3v) is 7.23. The molecule has 7 nitrogen and oxygen atoms in total. The Balaban J connectivity index is 1.03. The average Bonchev–Trinajstić information content (AvgIpc) is 3.38. The van der Waals surface area contributed by atoms with E-state index in [-0.39, 0.29) is 5.92 Å². The Morgan fingerprint density at radius 2 is 1.67 bits per heavy atom. The lowest BCUT2D eigenvalue weighted by Crippen LogP contribution is -2.51. The van der Waals surface area contributed by atoms with Gasteiger partial charge in [0.05, 0.1) is 6.54 Å². The minimum absolute atomic E-state index is 0.122. The number of piperidine rings is 1. The maximum atomic E-state index is 13.1. The first kappa shape index (κ1) is 24.4. The Bertz CT molecular complexity index is 1140. The van der Waals surface area contributed by atoms with Crippen LogP contribution in [0.5, 0.6) is 0 Å². The van der Waals surface area contributed by atoms with Gasteiger partial charge in [0.15, 0.2) is 0 Å². The van der Waals surface area contributed by atoms with Crippen LogP contribution < -0.4 is 0 Å². The van der Waals surface area contributed by atoms with Crippen LogP contribution in [0.4, 0.5) is 0 Å². The number of hydrogen-bond donors (Lipinski definition) is 0. The fraction of sp³-hybridized carbons (Fsp3) is 0.414. The zero-order valence-electron chi connectivity index (χ0n) is 21.1. The Kier molecular flexibility index (Phi) is 7.88. The van der Waals surface area contributed by atoms with Gasteiger partial charge in [0.1, 0.15) is 0 Å². The van der Waals surface area contributed by atoms with Gasteiger partial charge in [-0.05, 0) is 38.4 Å². The molecular weight excluding hydrogens is 450 g/mol. The Morgan fingerprint density at radius 3 is 2.39 bits per heavy atom.